The van der Waals surface area contributed by atoms with E-state index in [1.807, 2.05) is 18.2 Å². The summed E-state index contributed by atoms with van der Waals surface area (Å²) in [6, 6.07) is 33.5. The van der Waals surface area contributed by atoms with Crippen molar-refractivity contribution in [2.24, 2.45) is 0 Å². The minimum Gasteiger partial charge on any atom is -0.462 e. The molecular weight excluding hydrogens is 566 g/mol. The summed E-state index contributed by atoms with van der Waals surface area (Å²) in [7, 11) is -4.51. The van der Waals surface area contributed by atoms with Gasteiger partial charge >= 0.3 is 12.1 Å². The zero-order valence-corrected chi connectivity index (χ0v) is 23.8. The van der Waals surface area contributed by atoms with Crippen molar-refractivity contribution in [1.82, 2.24) is 0 Å². The highest BCUT2D eigenvalue weighted by molar-refractivity contribution is 7.93. The summed E-state index contributed by atoms with van der Waals surface area (Å²) in [4.78, 5) is 26.8. The lowest BCUT2D eigenvalue weighted by Gasteiger charge is -2.22. The molecule has 5 aromatic carbocycles. The molecule has 0 bridgehead atoms. The number of ether oxygens (including phenoxy) is 2. The number of anilines is 1. The lowest BCUT2D eigenvalue weighted by Crippen LogP contribution is -2.39. The fourth-order valence-corrected chi connectivity index (χ4v) is 6.17. The minimum atomic E-state index is -4.51. The third-order valence-electron chi connectivity index (χ3n) is 6.79. The van der Waals surface area contributed by atoms with Gasteiger partial charge in [0.2, 0.25) is 0 Å². The third kappa shape index (κ3) is 5.33. The topological polar surface area (TPSA) is 103 Å². The maximum Gasteiger partial charge on any atom is 0.434 e. The Morgan fingerprint density at radius 3 is 2.16 bits per heavy atom. The van der Waals surface area contributed by atoms with Gasteiger partial charge in [0.25, 0.3) is 10.0 Å². The number of amides is 1. The number of sulfonamides is 1. The molecule has 0 saturated heterocycles. The summed E-state index contributed by atoms with van der Waals surface area (Å²) in [5.41, 5.74) is 1.01. The molecule has 0 fully saturated rings. The molecule has 214 valence electrons. The van der Waals surface area contributed by atoms with Gasteiger partial charge in [0, 0.05) is 10.9 Å². The smallest absolute Gasteiger partial charge is 0.434 e. The van der Waals surface area contributed by atoms with Crippen molar-refractivity contribution >= 4 is 49.5 Å². The van der Waals surface area contributed by atoms with Crippen LogP contribution in [-0.4, -0.2) is 27.1 Å². The van der Waals surface area contributed by atoms with E-state index in [2.05, 4.69) is 0 Å². The van der Waals surface area contributed by atoms with Crippen LogP contribution in [0.2, 0.25) is 0 Å². The largest absolute Gasteiger partial charge is 0.462 e. The van der Waals surface area contributed by atoms with Crippen LogP contribution in [0.3, 0.4) is 0 Å². The second kappa shape index (κ2) is 11.5. The third-order valence-corrected chi connectivity index (χ3v) is 8.49. The van der Waals surface area contributed by atoms with Crippen LogP contribution < -0.4 is 9.04 Å². The standard InChI is InChI=1S/C34H25NO7S/c1-2-40-33(36)31-29-22-26(18-20-30(29)42-32(31)24-12-5-3-6-13-24)35(34(37)41-27-15-7-4-8-16-27)43(38,39)28-19-17-23-11-9-10-14-25(23)21-28/h3-22H,2H2,1H3. The molecule has 1 amide bonds. The number of hydrogen-bond acceptors (Lipinski definition) is 7. The average Bonchev–Trinajstić information content (AvgIpc) is 3.41. The van der Waals surface area contributed by atoms with Crippen molar-refractivity contribution in [1.29, 1.82) is 0 Å². The van der Waals surface area contributed by atoms with Crippen LogP contribution >= 0.6 is 0 Å². The predicted molar refractivity (Wildman–Crippen MR) is 164 cm³/mol. The molecule has 0 radical (unpaired) electrons. The van der Waals surface area contributed by atoms with Crippen LogP contribution in [0, 0.1) is 0 Å². The van der Waals surface area contributed by atoms with E-state index in [0.29, 0.717) is 20.8 Å². The fraction of sp³-hybridized carbons (Fsp3) is 0.0588. The van der Waals surface area contributed by atoms with Gasteiger partial charge in [-0.25, -0.2) is 18.0 Å². The molecule has 0 unspecified atom stereocenters. The number of esters is 1. The highest BCUT2D eigenvalue weighted by atomic mass is 32.2. The number of para-hydroxylation sites is 1. The zero-order valence-electron chi connectivity index (χ0n) is 23.0. The highest BCUT2D eigenvalue weighted by Crippen LogP contribution is 2.38. The Morgan fingerprint density at radius 1 is 0.767 bits per heavy atom. The number of carbonyl (C=O) groups excluding carboxylic acids is 2. The van der Waals surface area contributed by atoms with Gasteiger partial charge < -0.3 is 13.9 Å². The van der Waals surface area contributed by atoms with E-state index in [1.54, 1.807) is 79.7 Å². The van der Waals surface area contributed by atoms with Gasteiger partial charge in [0.1, 0.15) is 22.7 Å². The van der Waals surface area contributed by atoms with E-state index in [9.17, 15) is 18.0 Å². The van der Waals surface area contributed by atoms with Gasteiger partial charge in [0.05, 0.1) is 17.2 Å². The lowest BCUT2D eigenvalue weighted by molar-refractivity contribution is 0.0528. The normalized spacial score (nSPS) is 11.4. The van der Waals surface area contributed by atoms with Crippen LogP contribution in [0.25, 0.3) is 33.1 Å². The molecule has 0 atom stereocenters. The first kappa shape index (κ1) is 27.7. The maximum atomic E-state index is 14.2. The molecule has 0 aliphatic heterocycles. The van der Waals surface area contributed by atoms with Gasteiger partial charge in [-0.3, -0.25) is 0 Å². The SMILES string of the molecule is CCOC(=O)c1c(-c2ccccc2)oc2ccc(N(C(=O)Oc3ccccc3)S(=O)(=O)c3ccc4ccccc4c3)cc12. The van der Waals surface area contributed by atoms with Crippen LogP contribution in [0.1, 0.15) is 17.3 Å². The second-order valence-corrected chi connectivity index (χ2v) is 11.3. The quantitative estimate of drug-likeness (QED) is 0.174. The maximum absolute atomic E-state index is 14.2. The molecular formula is C34H25NO7S. The number of fused-ring (bicyclic) bond motifs is 2. The Kier molecular flexibility index (Phi) is 7.40. The monoisotopic (exact) mass is 591 g/mol. The van der Waals surface area contributed by atoms with E-state index in [4.69, 9.17) is 13.9 Å². The summed E-state index contributed by atoms with van der Waals surface area (Å²) in [5, 5.41) is 1.80. The van der Waals surface area contributed by atoms with Crippen LogP contribution in [0.4, 0.5) is 10.5 Å². The Labute approximate surface area is 247 Å². The van der Waals surface area contributed by atoms with E-state index < -0.39 is 22.1 Å². The van der Waals surface area contributed by atoms with Crippen molar-refractivity contribution in [3.8, 4) is 17.1 Å². The van der Waals surface area contributed by atoms with Gasteiger partial charge in [-0.15, -0.1) is 0 Å². The lowest BCUT2D eigenvalue weighted by atomic mass is 10.1. The van der Waals surface area contributed by atoms with Gasteiger partial charge in [-0.2, -0.15) is 4.31 Å². The summed E-state index contributed by atoms with van der Waals surface area (Å²) >= 11 is 0. The first-order valence-electron chi connectivity index (χ1n) is 13.5. The van der Waals surface area contributed by atoms with Crippen LogP contribution in [0.5, 0.6) is 5.75 Å². The van der Waals surface area contributed by atoms with E-state index in [-0.39, 0.29) is 39.6 Å². The predicted octanol–water partition coefficient (Wildman–Crippen LogP) is 7.82. The first-order chi connectivity index (χ1) is 20.9. The zero-order chi connectivity index (χ0) is 30.0. The number of benzene rings is 5. The minimum absolute atomic E-state index is 0.0486. The summed E-state index contributed by atoms with van der Waals surface area (Å²) in [6.45, 7) is 1.80. The molecule has 0 spiro atoms. The molecule has 0 saturated carbocycles. The molecule has 1 aromatic heterocycles. The molecule has 6 aromatic rings. The molecule has 8 nitrogen and oxygen atoms in total. The molecule has 1 heterocycles. The molecule has 6 rings (SSSR count). The van der Waals surface area contributed by atoms with E-state index >= 15 is 0 Å². The Bertz CT molecular complexity index is 2070. The van der Waals surface area contributed by atoms with Crippen molar-refractivity contribution < 1.29 is 31.9 Å². The van der Waals surface area contributed by atoms with E-state index in [1.165, 1.54) is 30.3 Å². The summed E-state index contributed by atoms with van der Waals surface area (Å²) < 4.78 is 45.9. The number of nitrogens with zero attached hydrogens (tertiary/aromatic N) is 1. The highest BCUT2D eigenvalue weighted by Gasteiger charge is 2.34. The first-order valence-corrected chi connectivity index (χ1v) is 14.9. The number of hydrogen-bond donors (Lipinski definition) is 0. The Hall–Kier alpha value is -5.41. The van der Waals surface area contributed by atoms with Gasteiger partial charge in [-0.05, 0) is 60.2 Å². The molecule has 0 N–H and O–H groups in total. The summed E-state index contributed by atoms with van der Waals surface area (Å²) in [6.07, 6.45) is -1.15. The van der Waals surface area contributed by atoms with E-state index in [0.717, 1.165) is 5.39 Å². The molecule has 43 heavy (non-hydrogen) atoms. The average molecular weight is 592 g/mol. The van der Waals surface area contributed by atoms with Crippen molar-refractivity contribution in [3.63, 3.8) is 0 Å². The Balaban J connectivity index is 1.54. The number of furan rings is 1. The molecule has 9 heteroatoms. The van der Waals surface area contributed by atoms with Crippen molar-refractivity contribution in [2.75, 3.05) is 10.9 Å². The van der Waals surface area contributed by atoms with Crippen LogP contribution in [0.15, 0.2) is 131 Å². The number of rotatable bonds is 7. The van der Waals surface area contributed by atoms with Crippen molar-refractivity contribution in [3.05, 3.63) is 127 Å². The second-order valence-electron chi connectivity index (χ2n) is 9.53. The van der Waals surface area contributed by atoms with Crippen molar-refractivity contribution in [2.45, 2.75) is 11.8 Å². The van der Waals surface area contributed by atoms with Gasteiger partial charge in [0.15, 0.2) is 0 Å². The molecule has 0 aliphatic rings. The summed E-state index contributed by atoms with van der Waals surface area (Å²) in [5.74, 6) is -0.218. The fourth-order valence-electron chi connectivity index (χ4n) is 4.82. The Morgan fingerprint density at radius 2 is 1.44 bits per heavy atom. The van der Waals surface area contributed by atoms with Crippen LogP contribution in [-0.2, 0) is 14.8 Å². The number of carbonyl (C=O) groups is 2. The molecule has 0 aliphatic carbocycles. The van der Waals surface area contributed by atoms with Gasteiger partial charge in [-0.1, -0.05) is 78.9 Å².